The van der Waals surface area contributed by atoms with Gasteiger partial charge in [-0.2, -0.15) is 0 Å². The summed E-state index contributed by atoms with van der Waals surface area (Å²) >= 11 is 0. The number of aliphatic hydroxyl groups is 1. The number of hydrogen-bond donors (Lipinski definition) is 1. The maximum absolute atomic E-state index is 12.6. The van der Waals surface area contributed by atoms with Crippen molar-refractivity contribution in [3.8, 4) is 0 Å². The van der Waals surface area contributed by atoms with E-state index in [0.717, 1.165) is 0 Å². The third kappa shape index (κ3) is 2.75. The van der Waals surface area contributed by atoms with E-state index < -0.39 is 34.1 Å². The van der Waals surface area contributed by atoms with E-state index in [2.05, 4.69) is 19.1 Å². The van der Waals surface area contributed by atoms with E-state index in [4.69, 9.17) is 9.47 Å². The van der Waals surface area contributed by atoms with Crippen molar-refractivity contribution in [1.29, 1.82) is 0 Å². The minimum absolute atomic E-state index is 0.0289. The molecule has 2 bridgehead atoms. The van der Waals surface area contributed by atoms with Crippen LogP contribution in [0.25, 0.3) is 0 Å². The Morgan fingerprint density at radius 1 is 1.03 bits per heavy atom. The van der Waals surface area contributed by atoms with Crippen LogP contribution in [0.1, 0.15) is 48.5 Å². The number of carbonyl (C=O) groups is 2. The average molecular weight is 427 g/mol. The molecule has 31 heavy (non-hydrogen) atoms. The zero-order chi connectivity index (χ0) is 23.0. The number of fused-ring (bicyclic) bond motifs is 3. The lowest BCUT2D eigenvalue weighted by Gasteiger charge is -2.33. The largest absolute Gasteiger partial charge is 0.460 e. The van der Waals surface area contributed by atoms with Crippen LogP contribution in [0.3, 0.4) is 0 Å². The zero-order valence-corrected chi connectivity index (χ0v) is 19.5. The molecule has 1 N–H and O–H groups in total. The molecule has 5 heteroatoms. The summed E-state index contributed by atoms with van der Waals surface area (Å²) in [7, 11) is 0. The molecule has 3 fully saturated rings. The monoisotopic (exact) mass is 426 g/mol. The van der Waals surface area contributed by atoms with Gasteiger partial charge in [-0.05, 0) is 34.6 Å². The number of ketones is 1. The molecular weight excluding hydrogens is 392 g/mol. The maximum atomic E-state index is 12.6. The lowest BCUT2D eigenvalue weighted by molar-refractivity contribution is -0.161. The van der Waals surface area contributed by atoms with E-state index in [0.29, 0.717) is 0 Å². The van der Waals surface area contributed by atoms with Crippen LogP contribution in [0.15, 0.2) is 48.1 Å². The maximum Gasteiger partial charge on any atom is 0.320 e. The first-order chi connectivity index (χ1) is 14.3. The minimum atomic E-state index is -1.11. The van der Waals surface area contributed by atoms with Crippen molar-refractivity contribution in [3.63, 3.8) is 0 Å². The third-order valence-corrected chi connectivity index (χ3v) is 8.67. The van der Waals surface area contributed by atoms with Gasteiger partial charge in [-0.1, -0.05) is 62.0 Å². The summed E-state index contributed by atoms with van der Waals surface area (Å²) < 4.78 is 11.6. The highest BCUT2D eigenvalue weighted by Gasteiger charge is 2.73. The highest BCUT2D eigenvalue weighted by Crippen LogP contribution is 2.60. The van der Waals surface area contributed by atoms with Crippen molar-refractivity contribution >= 4 is 11.8 Å². The van der Waals surface area contributed by atoms with E-state index in [9.17, 15) is 14.7 Å². The lowest BCUT2D eigenvalue weighted by Crippen LogP contribution is -2.44. The Labute approximate surface area is 184 Å². The Balaban J connectivity index is 1.48. The molecule has 0 aromatic carbocycles. The Bertz CT molecular complexity index is 939. The zero-order valence-electron chi connectivity index (χ0n) is 19.5. The van der Waals surface area contributed by atoms with Gasteiger partial charge < -0.3 is 14.6 Å². The van der Waals surface area contributed by atoms with E-state index in [-0.39, 0.29) is 29.6 Å². The Hall–Kier alpha value is -1.98. The molecule has 4 rings (SSSR count). The number of rotatable bonds is 4. The second-order valence-corrected chi connectivity index (χ2v) is 10.6. The molecule has 2 unspecified atom stereocenters. The van der Waals surface area contributed by atoms with Crippen molar-refractivity contribution < 1.29 is 24.2 Å². The number of Topliss-reactive ketones (excluding diaryl/α,β-unsaturated/α-hetero) is 1. The quantitative estimate of drug-likeness (QED) is 0.319. The molecule has 0 amide bonds. The van der Waals surface area contributed by atoms with Crippen molar-refractivity contribution in [2.24, 2.45) is 28.6 Å². The normalized spacial score (nSPS) is 51.5. The van der Waals surface area contributed by atoms with Crippen LogP contribution >= 0.6 is 0 Å². The summed E-state index contributed by atoms with van der Waals surface area (Å²) in [5, 5.41) is 11.0. The van der Waals surface area contributed by atoms with Crippen molar-refractivity contribution in [2.45, 2.75) is 71.9 Å². The molecule has 2 aliphatic heterocycles. The Morgan fingerprint density at radius 2 is 1.68 bits per heavy atom. The van der Waals surface area contributed by atoms with Gasteiger partial charge in [0.2, 0.25) is 0 Å². The molecule has 0 aromatic heterocycles. The molecule has 1 saturated carbocycles. The molecule has 2 heterocycles. The third-order valence-electron chi connectivity index (χ3n) is 8.67. The second-order valence-electron chi connectivity index (χ2n) is 10.6. The Kier molecular flexibility index (Phi) is 4.84. The van der Waals surface area contributed by atoms with E-state index in [1.54, 1.807) is 6.92 Å². The smallest absolute Gasteiger partial charge is 0.320 e. The second kappa shape index (κ2) is 6.76. The number of carbonyl (C=O) groups excluding carboxylic acids is 2. The van der Waals surface area contributed by atoms with Crippen LogP contribution in [0, 0.1) is 28.6 Å². The first-order valence-corrected chi connectivity index (χ1v) is 11.2. The van der Waals surface area contributed by atoms with Crippen LogP contribution in [0.5, 0.6) is 0 Å². The van der Waals surface area contributed by atoms with E-state index in [1.165, 1.54) is 5.57 Å². The standard InChI is InChI=1S/C26H34O5/c1-15-14-24(5)19(26(7,29)17(3)31-24)18(15)12-10-8-9-11-13-23(4)21-16(2)20(27)25(23,6)22(28)30-21/h8-14,16-19,21,29H,1-7H3/b9-8+,12-10+,13-11+/t16-,17-,18-,19+,21?,23?,24-,25-,26+/m0/s1. The summed E-state index contributed by atoms with van der Waals surface area (Å²) in [5.74, 6) is -0.653. The molecular formula is C26H34O5. The van der Waals surface area contributed by atoms with Crippen LogP contribution in [0.2, 0.25) is 0 Å². The van der Waals surface area contributed by atoms with Gasteiger partial charge in [0.05, 0.1) is 23.2 Å². The minimum Gasteiger partial charge on any atom is -0.460 e. The number of ether oxygens (including phenoxy) is 2. The summed E-state index contributed by atoms with van der Waals surface area (Å²) in [6.07, 6.45) is 13.3. The first kappa shape index (κ1) is 22.2. The SMILES string of the molecule is CC1=C[C@]2(C)O[C@@H](C)[C@@](C)(O)[C@@H]2[C@H]1/C=C/C=C/C=C/C1(C)C2OC(=O)[C@]1(C)C(=O)[C@@H]2C. The van der Waals surface area contributed by atoms with E-state index in [1.807, 2.05) is 65.0 Å². The fourth-order valence-corrected chi connectivity index (χ4v) is 6.59. The van der Waals surface area contributed by atoms with Crippen LogP contribution in [0.4, 0.5) is 0 Å². The van der Waals surface area contributed by atoms with Crippen molar-refractivity contribution in [2.75, 3.05) is 0 Å². The van der Waals surface area contributed by atoms with E-state index >= 15 is 0 Å². The Morgan fingerprint density at radius 3 is 2.32 bits per heavy atom. The van der Waals surface area contributed by atoms with Crippen LogP contribution in [-0.2, 0) is 19.1 Å². The molecule has 168 valence electrons. The first-order valence-electron chi connectivity index (χ1n) is 11.2. The molecule has 0 aromatic rings. The summed E-state index contributed by atoms with van der Waals surface area (Å²) in [6.45, 7) is 13.4. The van der Waals surface area contributed by atoms with Gasteiger partial charge in [-0.15, -0.1) is 0 Å². The van der Waals surface area contributed by atoms with Gasteiger partial charge in [0.1, 0.15) is 11.5 Å². The number of allylic oxidation sites excluding steroid dienone is 6. The number of hydrogen-bond acceptors (Lipinski definition) is 5. The molecule has 0 radical (unpaired) electrons. The van der Waals surface area contributed by atoms with Crippen molar-refractivity contribution in [1.82, 2.24) is 0 Å². The summed E-state index contributed by atoms with van der Waals surface area (Å²) in [5.41, 5.74) is -1.91. The lowest BCUT2D eigenvalue weighted by atomic mass is 9.68. The molecule has 0 spiro atoms. The molecule has 5 nitrogen and oxygen atoms in total. The molecule has 4 aliphatic rings. The van der Waals surface area contributed by atoms with Crippen molar-refractivity contribution in [3.05, 3.63) is 48.1 Å². The van der Waals surface area contributed by atoms with Gasteiger partial charge in [0.15, 0.2) is 5.78 Å². The molecule has 2 aliphatic carbocycles. The topological polar surface area (TPSA) is 72.8 Å². The average Bonchev–Trinajstić information content (AvgIpc) is 3.17. The van der Waals surface area contributed by atoms with Gasteiger partial charge in [-0.25, -0.2) is 0 Å². The van der Waals surface area contributed by atoms with Gasteiger partial charge in [-0.3, -0.25) is 9.59 Å². The summed E-state index contributed by atoms with van der Waals surface area (Å²) in [4.78, 5) is 24.9. The fraction of sp³-hybridized carbons (Fsp3) is 0.615. The predicted octanol–water partition coefficient (Wildman–Crippen LogP) is 3.93. The van der Waals surface area contributed by atoms with Crippen LogP contribution < -0.4 is 0 Å². The number of esters is 1. The van der Waals surface area contributed by atoms with Gasteiger partial charge >= 0.3 is 5.97 Å². The predicted molar refractivity (Wildman–Crippen MR) is 118 cm³/mol. The highest BCUT2D eigenvalue weighted by molar-refractivity contribution is 6.10. The molecule has 2 saturated heterocycles. The highest BCUT2D eigenvalue weighted by atomic mass is 16.6. The summed E-state index contributed by atoms with van der Waals surface area (Å²) in [6, 6.07) is 0. The van der Waals surface area contributed by atoms with Crippen LogP contribution in [-0.4, -0.2) is 40.3 Å². The van der Waals surface area contributed by atoms with Gasteiger partial charge in [0.25, 0.3) is 0 Å². The molecule has 9 atom stereocenters. The van der Waals surface area contributed by atoms with Gasteiger partial charge in [0, 0.05) is 17.3 Å². The fourth-order valence-electron chi connectivity index (χ4n) is 6.59.